The second-order valence-corrected chi connectivity index (χ2v) is 4.83. The van der Waals surface area contributed by atoms with Crippen LogP contribution in [0.5, 0.6) is 0 Å². The Hall–Kier alpha value is -2.18. The van der Waals surface area contributed by atoms with E-state index in [-0.39, 0.29) is 11.8 Å². The molecule has 0 bridgehead atoms. The second-order valence-electron chi connectivity index (χ2n) is 4.83. The number of carboxylic acids is 1. The SMILES string of the molecule is O=C(O)c1cc(NCC2COCCO2)c2ccccc2n1. The van der Waals surface area contributed by atoms with Crippen molar-refractivity contribution in [2.75, 3.05) is 31.7 Å². The van der Waals surface area contributed by atoms with Crippen LogP contribution < -0.4 is 5.32 Å². The number of hydrogen-bond donors (Lipinski definition) is 2. The first-order valence-electron chi connectivity index (χ1n) is 6.80. The Bertz CT molecular complexity index is 653. The van der Waals surface area contributed by atoms with Crippen molar-refractivity contribution in [2.24, 2.45) is 0 Å². The van der Waals surface area contributed by atoms with Gasteiger partial charge < -0.3 is 19.9 Å². The minimum absolute atomic E-state index is 0.0250. The summed E-state index contributed by atoms with van der Waals surface area (Å²) in [6.45, 7) is 2.32. The van der Waals surface area contributed by atoms with Crippen LogP contribution in [0.3, 0.4) is 0 Å². The Labute approximate surface area is 121 Å². The van der Waals surface area contributed by atoms with E-state index in [9.17, 15) is 4.79 Å². The van der Waals surface area contributed by atoms with Gasteiger partial charge in [0.1, 0.15) is 0 Å². The van der Waals surface area contributed by atoms with E-state index in [1.54, 1.807) is 12.1 Å². The highest BCUT2D eigenvalue weighted by Crippen LogP contribution is 2.23. The maximum Gasteiger partial charge on any atom is 0.354 e. The Balaban J connectivity index is 1.86. The Kier molecular flexibility index (Phi) is 3.98. The maximum atomic E-state index is 11.2. The summed E-state index contributed by atoms with van der Waals surface area (Å²) < 4.78 is 10.9. The zero-order valence-corrected chi connectivity index (χ0v) is 11.4. The van der Waals surface area contributed by atoms with Crippen LogP contribution in [-0.4, -0.2) is 48.5 Å². The van der Waals surface area contributed by atoms with Gasteiger partial charge in [0.25, 0.3) is 0 Å². The normalized spacial score (nSPS) is 18.6. The third-order valence-corrected chi connectivity index (χ3v) is 3.34. The van der Waals surface area contributed by atoms with E-state index in [4.69, 9.17) is 14.6 Å². The van der Waals surface area contributed by atoms with E-state index in [0.29, 0.717) is 31.9 Å². The maximum absolute atomic E-state index is 11.2. The van der Waals surface area contributed by atoms with E-state index in [1.807, 2.05) is 18.2 Å². The van der Waals surface area contributed by atoms with Crippen LogP contribution in [-0.2, 0) is 9.47 Å². The molecule has 0 aliphatic carbocycles. The summed E-state index contributed by atoms with van der Waals surface area (Å²) in [5.74, 6) is -1.04. The monoisotopic (exact) mass is 288 g/mol. The van der Waals surface area contributed by atoms with E-state index in [2.05, 4.69) is 10.3 Å². The molecule has 0 amide bonds. The number of hydrogen-bond acceptors (Lipinski definition) is 5. The smallest absolute Gasteiger partial charge is 0.354 e. The fourth-order valence-electron chi connectivity index (χ4n) is 2.31. The number of pyridine rings is 1. The minimum atomic E-state index is -1.04. The van der Waals surface area contributed by atoms with Crippen molar-refractivity contribution in [1.29, 1.82) is 0 Å². The molecule has 1 saturated heterocycles. The van der Waals surface area contributed by atoms with Crippen LogP contribution in [0, 0.1) is 0 Å². The van der Waals surface area contributed by atoms with E-state index >= 15 is 0 Å². The van der Waals surface area contributed by atoms with Gasteiger partial charge in [-0.3, -0.25) is 0 Å². The van der Waals surface area contributed by atoms with Crippen molar-refractivity contribution in [1.82, 2.24) is 4.98 Å². The molecule has 1 fully saturated rings. The molecule has 1 atom stereocenters. The first-order chi connectivity index (χ1) is 10.2. The predicted molar refractivity (Wildman–Crippen MR) is 77.8 cm³/mol. The van der Waals surface area contributed by atoms with Gasteiger partial charge in [-0.15, -0.1) is 0 Å². The number of para-hydroxylation sites is 1. The van der Waals surface area contributed by atoms with Crippen LogP contribution in [0.15, 0.2) is 30.3 Å². The highest BCUT2D eigenvalue weighted by Gasteiger charge is 2.15. The molecular weight excluding hydrogens is 272 g/mol. The topological polar surface area (TPSA) is 80.7 Å². The lowest BCUT2D eigenvalue weighted by molar-refractivity contribution is -0.0818. The van der Waals surface area contributed by atoms with E-state index in [1.165, 1.54) is 0 Å². The van der Waals surface area contributed by atoms with Crippen molar-refractivity contribution in [2.45, 2.75) is 6.10 Å². The molecule has 1 aliphatic rings. The van der Waals surface area contributed by atoms with Crippen LogP contribution in [0.4, 0.5) is 5.69 Å². The first kappa shape index (κ1) is 13.8. The molecule has 0 radical (unpaired) electrons. The minimum Gasteiger partial charge on any atom is -0.477 e. The second kappa shape index (κ2) is 6.07. The van der Waals surface area contributed by atoms with Crippen molar-refractivity contribution in [3.63, 3.8) is 0 Å². The number of nitrogens with zero attached hydrogens (tertiary/aromatic N) is 1. The summed E-state index contributed by atoms with van der Waals surface area (Å²) in [5, 5.41) is 13.3. The summed E-state index contributed by atoms with van der Waals surface area (Å²) in [4.78, 5) is 15.3. The molecule has 110 valence electrons. The van der Waals surface area contributed by atoms with Crippen LogP contribution in [0.1, 0.15) is 10.5 Å². The van der Waals surface area contributed by atoms with Gasteiger partial charge in [-0.25, -0.2) is 9.78 Å². The van der Waals surface area contributed by atoms with Crippen molar-refractivity contribution < 1.29 is 19.4 Å². The zero-order valence-electron chi connectivity index (χ0n) is 11.4. The first-order valence-corrected chi connectivity index (χ1v) is 6.80. The van der Waals surface area contributed by atoms with Crippen molar-refractivity contribution in [3.8, 4) is 0 Å². The number of aromatic carboxylic acids is 1. The number of ether oxygens (including phenoxy) is 2. The molecule has 1 aromatic heterocycles. The zero-order chi connectivity index (χ0) is 14.7. The van der Waals surface area contributed by atoms with Crippen LogP contribution >= 0.6 is 0 Å². The van der Waals surface area contributed by atoms with Gasteiger partial charge in [0.2, 0.25) is 0 Å². The van der Waals surface area contributed by atoms with Gasteiger partial charge in [-0.2, -0.15) is 0 Å². The molecule has 6 nitrogen and oxygen atoms in total. The lowest BCUT2D eigenvalue weighted by atomic mass is 10.1. The highest BCUT2D eigenvalue weighted by molar-refractivity contribution is 5.97. The van der Waals surface area contributed by atoms with Crippen molar-refractivity contribution in [3.05, 3.63) is 36.0 Å². The number of rotatable bonds is 4. The summed E-state index contributed by atoms with van der Waals surface area (Å²) in [6.07, 6.45) is -0.0287. The molecule has 0 saturated carbocycles. The van der Waals surface area contributed by atoms with Gasteiger partial charge >= 0.3 is 5.97 Å². The molecule has 1 aliphatic heterocycles. The molecule has 21 heavy (non-hydrogen) atoms. The van der Waals surface area contributed by atoms with Gasteiger partial charge in [-0.05, 0) is 12.1 Å². The van der Waals surface area contributed by atoms with Gasteiger partial charge in [0.05, 0.1) is 31.4 Å². The Morgan fingerprint density at radius 1 is 1.38 bits per heavy atom. The molecule has 2 aromatic rings. The average molecular weight is 288 g/mol. The third kappa shape index (κ3) is 3.12. The molecule has 0 spiro atoms. The largest absolute Gasteiger partial charge is 0.477 e. The fraction of sp³-hybridized carbons (Fsp3) is 0.333. The molecule has 1 aromatic carbocycles. The Morgan fingerprint density at radius 3 is 3.00 bits per heavy atom. The van der Waals surface area contributed by atoms with E-state index < -0.39 is 5.97 Å². The lowest BCUT2D eigenvalue weighted by Gasteiger charge is -2.23. The number of nitrogens with one attached hydrogen (secondary N) is 1. The molecular formula is C15H16N2O4. The lowest BCUT2D eigenvalue weighted by Crippen LogP contribution is -2.34. The number of carbonyl (C=O) groups is 1. The summed E-state index contributed by atoms with van der Waals surface area (Å²) in [7, 11) is 0. The summed E-state index contributed by atoms with van der Waals surface area (Å²) in [5.41, 5.74) is 1.42. The summed E-state index contributed by atoms with van der Waals surface area (Å²) in [6, 6.07) is 8.99. The van der Waals surface area contributed by atoms with E-state index in [0.717, 1.165) is 11.1 Å². The fourth-order valence-corrected chi connectivity index (χ4v) is 2.31. The standard InChI is InChI=1S/C15H16N2O4/c18-15(19)14-7-13(11-3-1-2-4-12(11)17-14)16-8-10-9-20-5-6-21-10/h1-4,7,10H,5-6,8-9H2,(H,16,17)(H,18,19). The quantitative estimate of drug-likeness (QED) is 0.892. The molecule has 2 heterocycles. The third-order valence-electron chi connectivity index (χ3n) is 3.34. The summed E-state index contributed by atoms with van der Waals surface area (Å²) >= 11 is 0. The van der Waals surface area contributed by atoms with Crippen LogP contribution in [0.25, 0.3) is 10.9 Å². The van der Waals surface area contributed by atoms with Gasteiger partial charge in [-0.1, -0.05) is 18.2 Å². The number of aromatic nitrogens is 1. The number of anilines is 1. The molecule has 2 N–H and O–H groups in total. The average Bonchev–Trinajstić information content (AvgIpc) is 2.53. The van der Waals surface area contributed by atoms with Gasteiger partial charge in [0.15, 0.2) is 5.69 Å². The number of carboxylic acid groups (broad SMARTS) is 1. The predicted octanol–water partition coefficient (Wildman–Crippen LogP) is 1.76. The molecule has 1 unspecified atom stereocenters. The number of fused-ring (bicyclic) bond motifs is 1. The molecule has 6 heteroatoms. The molecule has 3 rings (SSSR count). The highest BCUT2D eigenvalue weighted by atomic mass is 16.6. The number of benzene rings is 1. The van der Waals surface area contributed by atoms with Crippen LogP contribution in [0.2, 0.25) is 0 Å². The van der Waals surface area contributed by atoms with Crippen molar-refractivity contribution >= 4 is 22.6 Å². The Morgan fingerprint density at radius 2 is 2.24 bits per heavy atom. The van der Waals surface area contributed by atoms with Gasteiger partial charge in [0, 0.05) is 17.6 Å².